The maximum atomic E-state index is 12.1. The van der Waals surface area contributed by atoms with Crippen LogP contribution >= 0.6 is 0 Å². The first kappa shape index (κ1) is 14.2. The number of carbonyl (C=O) groups excluding carboxylic acids is 2. The van der Waals surface area contributed by atoms with Gasteiger partial charge < -0.3 is 9.64 Å². The van der Waals surface area contributed by atoms with Crippen molar-refractivity contribution in [2.45, 2.75) is 20.3 Å². The molecule has 0 aliphatic carbocycles. The Morgan fingerprint density at radius 1 is 1.50 bits per heavy atom. The minimum atomic E-state index is -0.321. The van der Waals surface area contributed by atoms with Crippen molar-refractivity contribution in [3.8, 4) is 0 Å². The van der Waals surface area contributed by atoms with Gasteiger partial charge in [0.05, 0.1) is 13.5 Å². The summed E-state index contributed by atoms with van der Waals surface area (Å²) >= 11 is 0. The van der Waals surface area contributed by atoms with Crippen LogP contribution in [0.4, 0.5) is 0 Å². The normalized spacial score (nSPS) is 10.2. The van der Waals surface area contributed by atoms with E-state index in [2.05, 4.69) is 9.84 Å². The van der Waals surface area contributed by atoms with Crippen LogP contribution in [0.2, 0.25) is 0 Å². The SMILES string of the molecule is CCN(CCC(=O)OC)C(=O)c1cc(C)n(C)n1. The van der Waals surface area contributed by atoms with Gasteiger partial charge in [-0.1, -0.05) is 0 Å². The molecule has 0 radical (unpaired) electrons. The molecule has 1 aromatic rings. The Hall–Kier alpha value is -1.85. The fourth-order valence-corrected chi connectivity index (χ4v) is 1.56. The maximum Gasteiger partial charge on any atom is 0.307 e. The molecule has 0 saturated carbocycles. The van der Waals surface area contributed by atoms with Crippen molar-refractivity contribution in [1.82, 2.24) is 14.7 Å². The van der Waals surface area contributed by atoms with E-state index < -0.39 is 0 Å². The number of aromatic nitrogens is 2. The van der Waals surface area contributed by atoms with Crippen LogP contribution in [0.5, 0.6) is 0 Å². The number of hydrogen-bond acceptors (Lipinski definition) is 4. The molecular formula is C12H19N3O3. The van der Waals surface area contributed by atoms with Crippen LogP contribution in [-0.4, -0.2) is 46.8 Å². The lowest BCUT2D eigenvalue weighted by atomic mass is 10.3. The predicted octanol–water partition coefficient (Wildman–Crippen LogP) is 0.754. The van der Waals surface area contributed by atoms with Crippen molar-refractivity contribution >= 4 is 11.9 Å². The molecule has 0 aromatic carbocycles. The number of aryl methyl sites for hydroxylation is 2. The lowest BCUT2D eigenvalue weighted by molar-refractivity contribution is -0.140. The van der Waals surface area contributed by atoms with Crippen LogP contribution in [0.25, 0.3) is 0 Å². The summed E-state index contributed by atoms with van der Waals surface area (Å²) in [6.07, 6.45) is 0.196. The Bertz CT molecular complexity index is 420. The zero-order valence-electron chi connectivity index (χ0n) is 11.3. The number of rotatable bonds is 5. The highest BCUT2D eigenvalue weighted by molar-refractivity contribution is 5.92. The molecule has 6 nitrogen and oxygen atoms in total. The molecule has 0 fully saturated rings. The van der Waals surface area contributed by atoms with E-state index in [0.717, 1.165) is 5.69 Å². The second kappa shape index (κ2) is 6.18. The number of amides is 1. The fourth-order valence-electron chi connectivity index (χ4n) is 1.56. The molecule has 0 N–H and O–H groups in total. The summed E-state index contributed by atoms with van der Waals surface area (Å²) in [5.74, 6) is -0.483. The smallest absolute Gasteiger partial charge is 0.307 e. The van der Waals surface area contributed by atoms with Crippen molar-refractivity contribution in [2.24, 2.45) is 7.05 Å². The molecule has 0 atom stereocenters. The molecule has 0 saturated heterocycles. The van der Waals surface area contributed by atoms with E-state index in [0.29, 0.717) is 18.8 Å². The molecular weight excluding hydrogens is 234 g/mol. The molecule has 1 rings (SSSR count). The summed E-state index contributed by atoms with van der Waals surface area (Å²) in [5.41, 5.74) is 1.32. The Labute approximate surface area is 107 Å². The molecule has 0 unspecified atom stereocenters. The monoisotopic (exact) mass is 253 g/mol. The maximum absolute atomic E-state index is 12.1. The van der Waals surface area contributed by atoms with E-state index in [1.54, 1.807) is 22.7 Å². The molecule has 1 aromatic heterocycles. The molecule has 100 valence electrons. The second-order valence-corrected chi connectivity index (χ2v) is 4.01. The van der Waals surface area contributed by atoms with E-state index in [1.807, 2.05) is 13.8 Å². The summed E-state index contributed by atoms with van der Waals surface area (Å²) in [7, 11) is 3.12. The third kappa shape index (κ3) is 3.32. The quantitative estimate of drug-likeness (QED) is 0.726. The van der Waals surface area contributed by atoms with Gasteiger partial charge in [0.15, 0.2) is 5.69 Å². The van der Waals surface area contributed by atoms with Crippen LogP contribution < -0.4 is 0 Å². The number of nitrogens with zero attached hydrogens (tertiary/aromatic N) is 3. The number of esters is 1. The van der Waals surface area contributed by atoms with Crippen LogP contribution in [0.1, 0.15) is 29.5 Å². The first-order valence-corrected chi connectivity index (χ1v) is 5.86. The van der Waals surface area contributed by atoms with Crippen LogP contribution in [-0.2, 0) is 16.6 Å². The van der Waals surface area contributed by atoms with Crippen molar-refractivity contribution in [2.75, 3.05) is 20.2 Å². The van der Waals surface area contributed by atoms with E-state index in [4.69, 9.17) is 0 Å². The van der Waals surface area contributed by atoms with Crippen molar-refractivity contribution in [1.29, 1.82) is 0 Å². The van der Waals surface area contributed by atoms with Crippen LogP contribution in [0.3, 0.4) is 0 Å². The molecule has 0 aliphatic rings. The Morgan fingerprint density at radius 2 is 2.17 bits per heavy atom. The lowest BCUT2D eigenvalue weighted by Crippen LogP contribution is -2.33. The highest BCUT2D eigenvalue weighted by Gasteiger charge is 2.18. The average Bonchev–Trinajstić information content (AvgIpc) is 2.69. The number of methoxy groups -OCH3 is 1. The van der Waals surface area contributed by atoms with Crippen molar-refractivity contribution in [3.63, 3.8) is 0 Å². The predicted molar refractivity (Wildman–Crippen MR) is 66.2 cm³/mol. The number of ether oxygens (including phenoxy) is 1. The summed E-state index contributed by atoms with van der Waals surface area (Å²) in [4.78, 5) is 24.8. The van der Waals surface area contributed by atoms with Gasteiger partial charge in [-0.05, 0) is 19.9 Å². The Balaban J connectivity index is 2.70. The average molecular weight is 253 g/mol. The van der Waals surface area contributed by atoms with Gasteiger partial charge in [-0.15, -0.1) is 0 Å². The largest absolute Gasteiger partial charge is 0.469 e. The van der Waals surface area contributed by atoms with Gasteiger partial charge in [-0.3, -0.25) is 14.3 Å². The molecule has 0 bridgehead atoms. The van der Waals surface area contributed by atoms with Gasteiger partial charge >= 0.3 is 5.97 Å². The van der Waals surface area contributed by atoms with Crippen LogP contribution in [0.15, 0.2) is 6.07 Å². The van der Waals surface area contributed by atoms with Gasteiger partial charge in [-0.25, -0.2) is 0 Å². The van der Waals surface area contributed by atoms with E-state index in [9.17, 15) is 9.59 Å². The molecule has 1 heterocycles. The Morgan fingerprint density at radius 3 is 2.61 bits per heavy atom. The standard InChI is InChI=1S/C12H19N3O3/c1-5-15(7-6-11(16)18-4)12(17)10-8-9(2)14(3)13-10/h8H,5-7H2,1-4H3. The van der Waals surface area contributed by atoms with Gasteiger partial charge in [0.25, 0.3) is 5.91 Å². The summed E-state index contributed by atoms with van der Waals surface area (Å²) in [5, 5.41) is 4.14. The van der Waals surface area contributed by atoms with Crippen molar-refractivity contribution < 1.29 is 14.3 Å². The van der Waals surface area contributed by atoms with Gasteiger partial charge in [0.1, 0.15) is 0 Å². The topological polar surface area (TPSA) is 64.4 Å². The summed E-state index contributed by atoms with van der Waals surface area (Å²) in [6.45, 7) is 4.63. The minimum absolute atomic E-state index is 0.162. The molecule has 6 heteroatoms. The zero-order chi connectivity index (χ0) is 13.7. The third-order valence-electron chi connectivity index (χ3n) is 2.82. The molecule has 18 heavy (non-hydrogen) atoms. The first-order chi connectivity index (χ1) is 8.49. The van der Waals surface area contributed by atoms with E-state index in [1.165, 1.54) is 7.11 Å². The van der Waals surface area contributed by atoms with Gasteiger partial charge in [-0.2, -0.15) is 5.10 Å². The van der Waals surface area contributed by atoms with Crippen LogP contribution in [0, 0.1) is 6.92 Å². The number of carbonyl (C=O) groups is 2. The minimum Gasteiger partial charge on any atom is -0.469 e. The highest BCUT2D eigenvalue weighted by atomic mass is 16.5. The third-order valence-corrected chi connectivity index (χ3v) is 2.82. The molecule has 1 amide bonds. The summed E-state index contributed by atoms with van der Waals surface area (Å²) < 4.78 is 6.21. The molecule has 0 spiro atoms. The van der Waals surface area contributed by atoms with Gasteiger partial charge in [0, 0.05) is 25.8 Å². The number of hydrogen-bond donors (Lipinski definition) is 0. The lowest BCUT2D eigenvalue weighted by Gasteiger charge is -2.18. The zero-order valence-corrected chi connectivity index (χ0v) is 11.3. The summed E-state index contributed by atoms with van der Waals surface area (Å²) in [6, 6.07) is 1.74. The highest BCUT2D eigenvalue weighted by Crippen LogP contribution is 2.06. The first-order valence-electron chi connectivity index (χ1n) is 5.86. The second-order valence-electron chi connectivity index (χ2n) is 4.01. The van der Waals surface area contributed by atoms with E-state index in [-0.39, 0.29) is 18.3 Å². The van der Waals surface area contributed by atoms with E-state index >= 15 is 0 Å². The Kier molecular flexibility index (Phi) is 4.88. The van der Waals surface area contributed by atoms with Crippen molar-refractivity contribution in [3.05, 3.63) is 17.5 Å². The van der Waals surface area contributed by atoms with Gasteiger partial charge in [0.2, 0.25) is 0 Å². The fraction of sp³-hybridized carbons (Fsp3) is 0.583. The molecule has 0 aliphatic heterocycles.